The molecule has 0 spiro atoms. The highest BCUT2D eigenvalue weighted by atomic mass is 31.2. The monoisotopic (exact) mass is 524 g/mol. The predicted molar refractivity (Wildman–Crippen MR) is 110 cm³/mol. The third-order valence-corrected chi connectivity index (χ3v) is 5.17. The number of halogens is 6. The summed E-state index contributed by atoms with van der Waals surface area (Å²) in [6.07, 6.45) is 0. The highest BCUT2D eigenvalue weighted by molar-refractivity contribution is 7.48. The van der Waals surface area contributed by atoms with E-state index in [1.165, 1.54) is 0 Å². The second kappa shape index (κ2) is 10.5. The van der Waals surface area contributed by atoms with Gasteiger partial charge >= 0.3 is 7.82 Å². The Balaban J connectivity index is 1.99. The quantitative estimate of drug-likeness (QED) is 0.164. The van der Waals surface area contributed by atoms with Crippen LogP contribution in [0, 0.1) is 34.9 Å². The molecule has 0 radical (unpaired) electrons. The summed E-state index contributed by atoms with van der Waals surface area (Å²) in [7, 11) is -5.60. The summed E-state index contributed by atoms with van der Waals surface area (Å²) < 4.78 is 112. The van der Waals surface area contributed by atoms with Gasteiger partial charge in [-0.2, -0.15) is 15.5 Å². The average Bonchev–Trinajstić information content (AvgIpc) is 2.72. The Hall–Kier alpha value is -3.37. The van der Waals surface area contributed by atoms with Crippen LogP contribution in [0.25, 0.3) is 0 Å². The smallest absolute Gasteiger partial charge is 0.222 e. The Morgan fingerprint density at radius 3 is 0.914 bits per heavy atom. The topological polar surface area (TPSA) is 133 Å². The molecule has 0 atom stereocenters. The molecule has 0 fully saturated rings. The van der Waals surface area contributed by atoms with E-state index in [0.717, 1.165) is 54.6 Å². The van der Waals surface area contributed by atoms with Crippen molar-refractivity contribution in [2.24, 2.45) is 17.5 Å². The van der Waals surface area contributed by atoms with Crippen molar-refractivity contribution in [3.63, 3.8) is 0 Å². The molecule has 0 aromatic heterocycles. The molecule has 0 unspecified atom stereocenters. The largest absolute Gasteiger partial charge is 0.543 e. The minimum absolute atomic E-state index is 0.275. The van der Waals surface area contributed by atoms with Gasteiger partial charge in [0.2, 0.25) is 0 Å². The zero-order valence-electron chi connectivity index (χ0n) is 17.1. The highest BCUT2D eigenvalue weighted by Gasteiger charge is 2.40. The Morgan fingerprint density at radius 2 is 0.714 bits per heavy atom. The molecule has 0 heterocycles. The maximum Gasteiger partial charge on any atom is 0.543 e. The predicted octanol–water partition coefficient (Wildman–Crippen LogP) is 3.86. The number of anilines is 3. The fraction of sp³-hybridized carbons (Fsp3) is 0. The van der Waals surface area contributed by atoms with Crippen molar-refractivity contribution in [2.75, 3.05) is 15.5 Å². The van der Waals surface area contributed by atoms with Crippen LogP contribution in [-0.4, -0.2) is 0 Å². The Morgan fingerprint density at radius 1 is 0.514 bits per heavy atom. The maximum absolute atomic E-state index is 14.1. The van der Waals surface area contributed by atoms with Crippen LogP contribution < -0.4 is 33.0 Å². The number of nitrogens with zero attached hydrogens (tertiary/aromatic N) is 3. The van der Waals surface area contributed by atoms with Gasteiger partial charge in [-0.3, -0.25) is 0 Å². The molecule has 17 heteroatoms. The summed E-state index contributed by atoms with van der Waals surface area (Å²) >= 11 is 0. The molecule has 0 amide bonds. The molecule has 35 heavy (non-hydrogen) atoms. The minimum Gasteiger partial charge on any atom is -0.222 e. The van der Waals surface area contributed by atoms with Gasteiger partial charge in [0.05, 0.1) is 0 Å². The van der Waals surface area contributed by atoms with Crippen LogP contribution in [0.2, 0.25) is 0 Å². The summed E-state index contributed by atoms with van der Waals surface area (Å²) in [6.45, 7) is 0. The van der Waals surface area contributed by atoms with E-state index in [0.29, 0.717) is 0 Å². The number of para-hydroxylation sites is 3. The lowest BCUT2D eigenvalue weighted by Gasteiger charge is -2.29. The number of phosphoric acid groups is 1. The number of rotatable bonds is 9. The van der Waals surface area contributed by atoms with Crippen LogP contribution >= 0.6 is 7.82 Å². The molecule has 0 aliphatic carbocycles. The molecule has 6 N–H and O–H groups in total. The van der Waals surface area contributed by atoms with E-state index in [1.54, 1.807) is 0 Å². The van der Waals surface area contributed by atoms with Crippen molar-refractivity contribution in [1.82, 2.24) is 0 Å². The van der Waals surface area contributed by atoms with Gasteiger partial charge in [-0.25, -0.2) is 48.4 Å². The van der Waals surface area contributed by atoms with Crippen LogP contribution in [0.1, 0.15) is 0 Å². The Labute approximate surface area is 193 Å². The normalized spacial score (nSPS) is 11.5. The SMILES string of the molecule is NN(OP(=O)(ON(N)c1c(F)cccc1F)ON(N)c1c(F)cccc1F)c1c(F)cccc1F. The first kappa shape index (κ1) is 26.2. The van der Waals surface area contributed by atoms with Crippen molar-refractivity contribution < 1.29 is 44.8 Å². The fourth-order valence-corrected chi connectivity index (χ4v) is 3.57. The van der Waals surface area contributed by atoms with Crippen LogP contribution in [-0.2, 0) is 18.4 Å². The average molecular weight is 524 g/mol. The number of nitrogens with two attached hydrogens (primary N) is 3. The van der Waals surface area contributed by atoms with Gasteiger partial charge in [-0.05, 0) is 36.4 Å². The van der Waals surface area contributed by atoms with Crippen LogP contribution in [0.3, 0.4) is 0 Å². The van der Waals surface area contributed by atoms with Gasteiger partial charge in [0.25, 0.3) is 0 Å². The van der Waals surface area contributed by atoms with Crippen molar-refractivity contribution in [3.05, 3.63) is 89.5 Å². The first-order chi connectivity index (χ1) is 16.4. The van der Waals surface area contributed by atoms with E-state index < -0.39 is 59.8 Å². The first-order valence-corrected chi connectivity index (χ1v) is 10.5. The van der Waals surface area contributed by atoms with E-state index in [4.69, 9.17) is 17.5 Å². The standard InChI is InChI=1S/C18H15F6N6O4P/c19-10-4-1-5-11(20)16(10)28(25)32-35(31,33-29(26)17-12(21)6-2-7-13(17)22)34-30(27)18-14(23)8-3-9-15(18)24/h1-9H,25-27H2. The third-order valence-electron chi connectivity index (χ3n) is 4.04. The van der Waals surface area contributed by atoms with Crippen LogP contribution in [0.5, 0.6) is 0 Å². The van der Waals surface area contributed by atoms with E-state index in [9.17, 15) is 30.9 Å². The van der Waals surface area contributed by atoms with Gasteiger partial charge in [0.15, 0.2) is 52.0 Å². The first-order valence-electron chi connectivity index (χ1n) is 9.09. The maximum atomic E-state index is 14.1. The molecule has 0 aliphatic rings. The second-order valence-electron chi connectivity index (χ2n) is 6.38. The van der Waals surface area contributed by atoms with E-state index in [1.807, 2.05) is 0 Å². The molecule has 0 saturated carbocycles. The summed E-state index contributed by atoms with van der Waals surface area (Å²) in [4.78, 5) is 0. The zero-order valence-corrected chi connectivity index (χ0v) is 18.0. The van der Waals surface area contributed by atoms with Crippen molar-refractivity contribution in [3.8, 4) is 0 Å². The van der Waals surface area contributed by atoms with Gasteiger partial charge in [0, 0.05) is 0 Å². The molecule has 0 saturated heterocycles. The van der Waals surface area contributed by atoms with E-state index >= 15 is 0 Å². The number of hydrogen-bond acceptors (Lipinski definition) is 10. The molecule has 10 nitrogen and oxygen atoms in total. The van der Waals surface area contributed by atoms with E-state index in [2.05, 4.69) is 13.9 Å². The zero-order chi connectivity index (χ0) is 25.9. The highest BCUT2D eigenvalue weighted by Crippen LogP contribution is 2.53. The summed E-state index contributed by atoms with van der Waals surface area (Å²) in [5.41, 5.74) is -3.41. The number of benzene rings is 3. The minimum atomic E-state index is -5.60. The van der Waals surface area contributed by atoms with Gasteiger partial charge in [0.1, 0.15) is 0 Å². The number of hydrogen-bond donors (Lipinski definition) is 3. The molecular formula is C18H15F6N6O4P. The molecular weight excluding hydrogens is 509 g/mol. The molecule has 3 rings (SSSR count). The van der Waals surface area contributed by atoms with Gasteiger partial charge in [-0.1, -0.05) is 18.2 Å². The summed E-state index contributed by atoms with van der Waals surface area (Å²) in [5, 5.41) is -0.826. The molecule has 3 aromatic rings. The molecule has 188 valence electrons. The summed E-state index contributed by atoms with van der Waals surface area (Å²) in [5.74, 6) is 8.29. The molecule has 0 aliphatic heterocycles. The summed E-state index contributed by atoms with van der Waals surface area (Å²) in [6, 6.07) is 7.30. The van der Waals surface area contributed by atoms with Crippen molar-refractivity contribution in [1.29, 1.82) is 0 Å². The number of hydrazine groups is 3. The second-order valence-corrected chi connectivity index (χ2v) is 7.76. The van der Waals surface area contributed by atoms with Gasteiger partial charge in [-0.15, -0.1) is 13.9 Å². The van der Waals surface area contributed by atoms with Crippen LogP contribution in [0.15, 0.2) is 54.6 Å². The molecule has 0 bridgehead atoms. The third kappa shape index (κ3) is 5.83. The Kier molecular flexibility index (Phi) is 7.86. The molecule has 3 aromatic carbocycles. The van der Waals surface area contributed by atoms with Crippen LogP contribution in [0.4, 0.5) is 43.4 Å². The van der Waals surface area contributed by atoms with E-state index in [-0.39, 0.29) is 15.5 Å². The van der Waals surface area contributed by atoms with Crippen molar-refractivity contribution in [2.45, 2.75) is 0 Å². The van der Waals surface area contributed by atoms with Crippen molar-refractivity contribution >= 4 is 24.9 Å². The lowest BCUT2D eigenvalue weighted by atomic mass is 10.3. The lowest BCUT2D eigenvalue weighted by molar-refractivity contribution is 0.0830. The Bertz CT molecular complexity index is 1060. The fourth-order valence-electron chi connectivity index (χ4n) is 2.59. The lowest BCUT2D eigenvalue weighted by Crippen LogP contribution is -2.40. The van der Waals surface area contributed by atoms with Gasteiger partial charge < -0.3 is 0 Å².